The number of hydrogen-bond acceptors (Lipinski definition) is 3. The molecule has 86 valence electrons. The summed E-state index contributed by atoms with van der Waals surface area (Å²) in [5.74, 6) is 0.755. The number of urea groups is 1. The van der Waals surface area contributed by atoms with E-state index in [0.717, 1.165) is 5.82 Å². The minimum Gasteiger partial charge on any atom is -0.336 e. The molecule has 0 bridgehead atoms. The number of carbonyl (C=O) groups is 1. The van der Waals surface area contributed by atoms with Crippen molar-refractivity contribution in [3.8, 4) is 0 Å². The third kappa shape index (κ3) is 1.38. The van der Waals surface area contributed by atoms with Gasteiger partial charge in [0.2, 0.25) is 0 Å². The van der Waals surface area contributed by atoms with Crippen LogP contribution in [0.3, 0.4) is 0 Å². The second-order valence-electron chi connectivity index (χ2n) is 3.86. The molecular weight excluding hydrogens is 206 g/mol. The minimum absolute atomic E-state index is 0.247. The number of aromatic nitrogens is 2. The Kier molecular flexibility index (Phi) is 2.43. The number of hydrogen-bond donors (Lipinski definition) is 3. The van der Waals surface area contributed by atoms with E-state index in [-0.39, 0.29) is 6.03 Å². The maximum atomic E-state index is 11.4. The van der Waals surface area contributed by atoms with Crippen molar-refractivity contribution < 1.29 is 4.79 Å². The van der Waals surface area contributed by atoms with Crippen LogP contribution in [0, 0.1) is 0 Å². The number of rotatable bonds is 3. The minimum atomic E-state index is -0.677. The molecule has 2 amide bonds. The largest absolute Gasteiger partial charge is 0.336 e. The van der Waals surface area contributed by atoms with Gasteiger partial charge in [-0.3, -0.25) is 0 Å². The zero-order valence-corrected chi connectivity index (χ0v) is 9.37. The highest BCUT2D eigenvalue weighted by Crippen LogP contribution is 2.28. The highest BCUT2D eigenvalue weighted by atomic mass is 16.2. The molecule has 1 saturated heterocycles. The third-order valence-electron chi connectivity index (χ3n) is 2.75. The number of aryl methyl sites for hydroxylation is 1. The highest BCUT2D eigenvalue weighted by Gasteiger charge is 2.45. The number of likely N-dealkylation sites (N-methyl/N-ethyl adjacent to an activating group) is 1. The normalized spacial score (nSPS) is 24.4. The van der Waals surface area contributed by atoms with Crippen molar-refractivity contribution in [2.24, 2.45) is 7.05 Å². The van der Waals surface area contributed by atoms with Gasteiger partial charge in [0.1, 0.15) is 5.82 Å². The van der Waals surface area contributed by atoms with Gasteiger partial charge in [-0.2, -0.15) is 0 Å². The van der Waals surface area contributed by atoms with E-state index in [0.29, 0.717) is 12.2 Å². The van der Waals surface area contributed by atoms with Crippen LogP contribution in [0.5, 0.6) is 0 Å². The van der Waals surface area contributed by atoms with Crippen molar-refractivity contribution in [2.75, 3.05) is 13.6 Å². The van der Waals surface area contributed by atoms with Crippen LogP contribution in [0.2, 0.25) is 0 Å². The van der Waals surface area contributed by atoms with E-state index in [1.54, 1.807) is 6.20 Å². The Balaban J connectivity index is 2.48. The fraction of sp³-hybridized carbons (Fsp3) is 0.400. The zero-order chi connectivity index (χ0) is 11.8. The lowest BCUT2D eigenvalue weighted by Crippen LogP contribution is -2.48. The van der Waals surface area contributed by atoms with Crippen LogP contribution in [-0.4, -0.2) is 29.2 Å². The van der Waals surface area contributed by atoms with Gasteiger partial charge in [-0.15, -0.1) is 0 Å². The molecular formula is C10H15N5O. The summed E-state index contributed by atoms with van der Waals surface area (Å²) in [5, 5.41) is 8.58. The van der Waals surface area contributed by atoms with Crippen molar-refractivity contribution in [1.82, 2.24) is 25.5 Å². The second-order valence-corrected chi connectivity index (χ2v) is 3.86. The van der Waals surface area contributed by atoms with Gasteiger partial charge in [0, 0.05) is 31.7 Å². The molecule has 0 saturated carbocycles. The van der Waals surface area contributed by atoms with Crippen molar-refractivity contribution in [2.45, 2.75) is 5.54 Å². The Labute approximate surface area is 93.7 Å². The van der Waals surface area contributed by atoms with Crippen molar-refractivity contribution >= 4 is 6.03 Å². The first kappa shape index (κ1) is 10.7. The van der Waals surface area contributed by atoms with Gasteiger partial charge in [0.05, 0.1) is 0 Å². The van der Waals surface area contributed by atoms with E-state index in [4.69, 9.17) is 0 Å². The van der Waals surface area contributed by atoms with Crippen LogP contribution in [0.15, 0.2) is 24.7 Å². The Morgan fingerprint density at radius 2 is 2.44 bits per heavy atom. The average Bonchev–Trinajstić information content (AvgIpc) is 2.73. The van der Waals surface area contributed by atoms with Gasteiger partial charge in [-0.05, 0) is 7.05 Å². The van der Waals surface area contributed by atoms with Gasteiger partial charge in [0.15, 0.2) is 5.54 Å². The van der Waals surface area contributed by atoms with Crippen LogP contribution in [0.25, 0.3) is 0 Å². The molecule has 1 fully saturated rings. The van der Waals surface area contributed by atoms with Gasteiger partial charge in [-0.25, -0.2) is 9.78 Å². The molecule has 1 aliphatic rings. The van der Waals surface area contributed by atoms with E-state index >= 15 is 0 Å². The Bertz CT molecular complexity index is 438. The molecule has 2 heterocycles. The molecule has 0 aliphatic carbocycles. The van der Waals surface area contributed by atoms with Crippen molar-refractivity contribution in [3.05, 3.63) is 30.5 Å². The second kappa shape index (κ2) is 3.64. The molecule has 1 atom stereocenters. The molecule has 0 spiro atoms. The van der Waals surface area contributed by atoms with Crippen molar-refractivity contribution in [1.29, 1.82) is 0 Å². The molecule has 6 nitrogen and oxygen atoms in total. The van der Waals surface area contributed by atoms with Crippen LogP contribution in [0.1, 0.15) is 5.82 Å². The first-order valence-electron chi connectivity index (χ1n) is 5.01. The summed E-state index contributed by atoms with van der Waals surface area (Å²) < 4.78 is 1.87. The van der Waals surface area contributed by atoms with Gasteiger partial charge in [0.25, 0.3) is 0 Å². The number of imidazole rings is 1. The van der Waals surface area contributed by atoms with Crippen LogP contribution < -0.4 is 16.0 Å². The van der Waals surface area contributed by atoms with Crippen LogP contribution in [-0.2, 0) is 12.6 Å². The van der Waals surface area contributed by atoms with Gasteiger partial charge >= 0.3 is 6.03 Å². The quantitative estimate of drug-likeness (QED) is 0.654. The summed E-state index contributed by atoms with van der Waals surface area (Å²) in [4.78, 5) is 15.7. The lowest BCUT2D eigenvalue weighted by Gasteiger charge is -2.28. The SMILES string of the molecule is C=C1NC(=O)NC1(CNC)c1nccn1C. The summed E-state index contributed by atoms with van der Waals surface area (Å²) in [5.41, 5.74) is -0.0643. The van der Waals surface area contributed by atoms with Crippen LogP contribution in [0.4, 0.5) is 4.79 Å². The Morgan fingerprint density at radius 3 is 2.88 bits per heavy atom. The van der Waals surface area contributed by atoms with E-state index in [1.807, 2.05) is 24.9 Å². The molecule has 3 N–H and O–H groups in total. The summed E-state index contributed by atoms with van der Waals surface area (Å²) in [6, 6.07) is -0.247. The van der Waals surface area contributed by atoms with E-state index < -0.39 is 5.54 Å². The predicted octanol–water partition coefficient (Wildman–Crippen LogP) is -0.339. The summed E-state index contributed by atoms with van der Waals surface area (Å²) >= 11 is 0. The smallest absolute Gasteiger partial charge is 0.320 e. The zero-order valence-electron chi connectivity index (χ0n) is 9.37. The molecule has 16 heavy (non-hydrogen) atoms. The summed E-state index contributed by atoms with van der Waals surface area (Å²) in [6.07, 6.45) is 3.54. The van der Waals surface area contributed by atoms with E-state index in [2.05, 4.69) is 27.5 Å². The first-order valence-corrected chi connectivity index (χ1v) is 5.01. The Hall–Kier alpha value is -1.82. The molecule has 0 radical (unpaired) electrons. The number of nitrogens with one attached hydrogen (secondary N) is 3. The molecule has 1 aliphatic heterocycles. The van der Waals surface area contributed by atoms with E-state index in [9.17, 15) is 4.79 Å². The first-order chi connectivity index (χ1) is 7.60. The Morgan fingerprint density at radius 1 is 1.69 bits per heavy atom. The lowest BCUT2D eigenvalue weighted by atomic mass is 9.96. The molecule has 1 unspecified atom stereocenters. The van der Waals surface area contributed by atoms with Crippen molar-refractivity contribution in [3.63, 3.8) is 0 Å². The van der Waals surface area contributed by atoms with Gasteiger partial charge in [-0.1, -0.05) is 6.58 Å². The molecule has 6 heteroatoms. The molecule has 1 aromatic rings. The third-order valence-corrected chi connectivity index (χ3v) is 2.75. The molecule has 1 aromatic heterocycles. The van der Waals surface area contributed by atoms with Gasteiger partial charge < -0.3 is 20.5 Å². The number of amides is 2. The number of nitrogens with zero attached hydrogens (tertiary/aromatic N) is 2. The summed E-state index contributed by atoms with van der Waals surface area (Å²) in [6.45, 7) is 4.42. The maximum Gasteiger partial charge on any atom is 0.320 e. The predicted molar refractivity (Wildman–Crippen MR) is 59.6 cm³/mol. The topological polar surface area (TPSA) is 71.0 Å². The van der Waals surface area contributed by atoms with E-state index in [1.165, 1.54) is 0 Å². The monoisotopic (exact) mass is 221 g/mol. The fourth-order valence-electron chi connectivity index (χ4n) is 2.01. The van der Waals surface area contributed by atoms with Crippen LogP contribution >= 0.6 is 0 Å². The standard InChI is InChI=1S/C10H15N5O/c1-7-10(6-11-2,14-9(16)13-7)8-12-4-5-15(8)3/h4-5,11H,1,6H2,2-3H3,(H2,13,14,16). The summed E-state index contributed by atoms with van der Waals surface area (Å²) in [7, 11) is 3.71. The highest BCUT2D eigenvalue weighted by molar-refractivity contribution is 5.81. The average molecular weight is 221 g/mol. The fourth-order valence-corrected chi connectivity index (χ4v) is 2.01. The molecule has 0 aromatic carbocycles. The maximum absolute atomic E-state index is 11.4. The lowest BCUT2D eigenvalue weighted by molar-refractivity contribution is 0.243. The number of carbonyl (C=O) groups excluding carboxylic acids is 1. The molecule has 2 rings (SSSR count).